The summed E-state index contributed by atoms with van der Waals surface area (Å²) in [5.74, 6) is 0.573. The highest BCUT2D eigenvalue weighted by Gasteiger charge is 2.85. The molecule has 6 nitrogen and oxygen atoms in total. The van der Waals surface area contributed by atoms with Crippen molar-refractivity contribution in [3.63, 3.8) is 0 Å². The molecule has 5 saturated carbocycles. The molecule has 0 unspecified atom stereocenters. The minimum absolute atomic E-state index is 0.0416. The second kappa shape index (κ2) is 7.77. The van der Waals surface area contributed by atoms with Crippen LogP contribution < -0.4 is 0 Å². The molecule has 1 heterocycles. The van der Waals surface area contributed by atoms with Crippen molar-refractivity contribution in [2.75, 3.05) is 0 Å². The molecule has 5 aliphatic carbocycles. The van der Waals surface area contributed by atoms with Crippen LogP contribution in [0.3, 0.4) is 0 Å². The number of rotatable bonds is 3. The number of hydrogen-bond acceptors (Lipinski definition) is 6. The normalized spacial score (nSPS) is 56.9. The molecule has 1 saturated heterocycles. The zero-order valence-electron chi connectivity index (χ0n) is 25.0. The Balaban J connectivity index is 1.34. The monoisotopic (exact) mass is 532 g/mol. The van der Waals surface area contributed by atoms with Crippen molar-refractivity contribution in [3.8, 4) is 0 Å². The zero-order valence-corrected chi connectivity index (χ0v) is 25.0. The molecule has 0 radical (unpaired) electrons. The second-order valence-corrected chi connectivity index (χ2v) is 16.4. The number of carbonyl (C=O) groups excluding carboxylic acids is 1. The van der Waals surface area contributed by atoms with E-state index in [0.29, 0.717) is 18.3 Å². The van der Waals surface area contributed by atoms with Gasteiger partial charge in [-0.3, -0.25) is 4.79 Å². The van der Waals surface area contributed by atoms with E-state index in [2.05, 4.69) is 34.6 Å². The summed E-state index contributed by atoms with van der Waals surface area (Å²) < 4.78 is 12.5. The van der Waals surface area contributed by atoms with E-state index in [1.165, 1.54) is 6.92 Å². The van der Waals surface area contributed by atoms with Crippen LogP contribution in [0.4, 0.5) is 0 Å². The summed E-state index contributed by atoms with van der Waals surface area (Å²) in [4.78, 5) is 11.9. The van der Waals surface area contributed by atoms with Gasteiger partial charge >= 0.3 is 5.97 Å². The van der Waals surface area contributed by atoms with Crippen LogP contribution in [-0.2, 0) is 14.3 Å². The fourth-order valence-corrected chi connectivity index (χ4v) is 12.5. The Bertz CT molecular complexity index is 1020. The van der Waals surface area contributed by atoms with E-state index in [4.69, 9.17) is 9.47 Å². The van der Waals surface area contributed by atoms with Crippen LogP contribution in [-0.4, -0.2) is 56.9 Å². The third-order valence-electron chi connectivity index (χ3n) is 14.1. The lowest BCUT2D eigenvalue weighted by molar-refractivity contribution is -0.232. The van der Waals surface area contributed by atoms with E-state index in [1.807, 2.05) is 13.8 Å². The maximum atomic E-state index is 12.2. The predicted octanol–water partition coefficient (Wildman–Crippen LogP) is 5.01. The second-order valence-electron chi connectivity index (χ2n) is 16.4. The Morgan fingerprint density at radius 1 is 0.921 bits per heavy atom. The minimum atomic E-state index is -0.933. The van der Waals surface area contributed by atoms with Gasteiger partial charge in [0.2, 0.25) is 0 Å². The fourth-order valence-electron chi connectivity index (χ4n) is 12.5. The van der Waals surface area contributed by atoms with Crippen LogP contribution in [0, 0.1) is 44.8 Å². The van der Waals surface area contributed by atoms with Gasteiger partial charge < -0.3 is 24.8 Å². The lowest BCUT2D eigenvalue weighted by atomic mass is 9.41. The summed E-state index contributed by atoms with van der Waals surface area (Å²) >= 11 is 0. The van der Waals surface area contributed by atoms with Gasteiger partial charge in [0.25, 0.3) is 0 Å². The Kier molecular flexibility index (Phi) is 5.62. The molecule has 12 atom stereocenters. The lowest BCUT2D eigenvalue weighted by Crippen LogP contribution is -2.64. The lowest BCUT2D eigenvalue weighted by Gasteiger charge is -2.65. The standard InChI is InChI=1S/C32H52O6/c1-18(33)37-23-12-14-31-17-32(31)16-22(35)30(8)25(29(7)13-11-24(38-29)27(4,5)36)19(34)15-28(30,6)21(32)10-9-20(31)26(23,2)3/h19-25,34-36H,9-17H2,1-8H3/t19-,20-,21-,22+,23-,24-,25+,28-,29+,30+,31+,32-/m0/s1. The first-order chi connectivity index (χ1) is 17.4. The van der Waals surface area contributed by atoms with Crippen LogP contribution in [0.15, 0.2) is 0 Å². The van der Waals surface area contributed by atoms with E-state index >= 15 is 0 Å². The van der Waals surface area contributed by atoms with Gasteiger partial charge in [0.1, 0.15) is 6.10 Å². The SMILES string of the molecule is CC(=O)O[C@H]1CC[C@]23C[C@]24C[C@@H](O)[C@]2(C)[C@@H]([C@@]5(C)CC[C@@H](C(C)(C)O)O5)[C@@H](O)C[C@@]2(C)[C@@H]4CC[C@H]3C1(C)C. The number of esters is 1. The van der Waals surface area contributed by atoms with E-state index in [1.54, 1.807) is 0 Å². The molecular formula is C32H52O6. The number of aliphatic hydroxyl groups is 3. The van der Waals surface area contributed by atoms with Crippen molar-refractivity contribution in [1.82, 2.24) is 0 Å². The first-order valence-corrected chi connectivity index (χ1v) is 15.3. The molecule has 1 aliphatic heterocycles. The van der Waals surface area contributed by atoms with Crippen LogP contribution in [0.2, 0.25) is 0 Å². The first-order valence-electron chi connectivity index (χ1n) is 15.3. The zero-order chi connectivity index (χ0) is 27.9. The molecule has 6 heteroatoms. The molecule has 216 valence electrons. The van der Waals surface area contributed by atoms with Crippen LogP contribution in [0.1, 0.15) is 113 Å². The van der Waals surface area contributed by atoms with Crippen molar-refractivity contribution >= 4 is 5.97 Å². The van der Waals surface area contributed by atoms with Gasteiger partial charge in [-0.2, -0.15) is 0 Å². The Hall–Kier alpha value is -0.690. The predicted molar refractivity (Wildman–Crippen MR) is 144 cm³/mol. The molecule has 2 spiro atoms. The average molecular weight is 533 g/mol. The highest BCUT2D eigenvalue weighted by Crippen LogP contribution is 2.89. The third-order valence-corrected chi connectivity index (χ3v) is 14.1. The highest BCUT2D eigenvalue weighted by molar-refractivity contribution is 5.66. The van der Waals surface area contributed by atoms with Gasteiger partial charge in [0.05, 0.1) is 29.5 Å². The number of hydrogen-bond donors (Lipinski definition) is 3. The topological polar surface area (TPSA) is 96.2 Å². The molecule has 6 aliphatic rings. The summed E-state index contributed by atoms with van der Waals surface area (Å²) in [6.45, 7) is 16.5. The molecule has 38 heavy (non-hydrogen) atoms. The van der Waals surface area contributed by atoms with Crippen molar-refractivity contribution in [2.45, 2.75) is 149 Å². The van der Waals surface area contributed by atoms with Crippen molar-refractivity contribution in [2.24, 2.45) is 44.8 Å². The van der Waals surface area contributed by atoms with Crippen LogP contribution >= 0.6 is 0 Å². The summed E-state index contributed by atoms with van der Waals surface area (Å²) in [5, 5.41) is 34.7. The van der Waals surface area contributed by atoms with Gasteiger partial charge in [-0.25, -0.2) is 0 Å². The fraction of sp³-hybridized carbons (Fsp3) is 0.969. The quantitative estimate of drug-likeness (QED) is 0.443. The van der Waals surface area contributed by atoms with Gasteiger partial charge in [-0.15, -0.1) is 0 Å². The maximum absolute atomic E-state index is 12.2. The van der Waals surface area contributed by atoms with Gasteiger partial charge in [0.15, 0.2) is 0 Å². The molecule has 0 aromatic carbocycles. The van der Waals surface area contributed by atoms with Crippen LogP contribution in [0.5, 0.6) is 0 Å². The van der Waals surface area contributed by atoms with E-state index in [-0.39, 0.29) is 45.8 Å². The molecule has 3 N–H and O–H groups in total. The summed E-state index contributed by atoms with van der Waals surface area (Å²) in [6, 6.07) is 0. The Morgan fingerprint density at radius 3 is 2.18 bits per heavy atom. The average Bonchev–Trinajstić information content (AvgIpc) is 3.13. The maximum Gasteiger partial charge on any atom is 0.302 e. The van der Waals surface area contributed by atoms with E-state index in [9.17, 15) is 20.1 Å². The molecule has 0 bridgehead atoms. The summed E-state index contributed by atoms with van der Waals surface area (Å²) in [6.07, 6.45) is 7.03. The number of aliphatic hydroxyl groups excluding tert-OH is 2. The van der Waals surface area contributed by atoms with Crippen molar-refractivity contribution in [3.05, 3.63) is 0 Å². The smallest absolute Gasteiger partial charge is 0.302 e. The molecule has 6 fully saturated rings. The highest BCUT2D eigenvalue weighted by atomic mass is 16.5. The Labute approximate surface area is 229 Å². The van der Waals surface area contributed by atoms with Gasteiger partial charge in [-0.05, 0) is 107 Å². The molecule has 0 amide bonds. The number of carbonyl (C=O) groups is 1. The number of ether oxygens (including phenoxy) is 2. The van der Waals surface area contributed by atoms with E-state index < -0.39 is 28.8 Å². The molecule has 6 rings (SSSR count). The minimum Gasteiger partial charge on any atom is -0.462 e. The van der Waals surface area contributed by atoms with Crippen molar-refractivity contribution < 1.29 is 29.6 Å². The molecule has 0 aromatic heterocycles. The number of fused-ring (bicyclic) bond motifs is 2. The van der Waals surface area contributed by atoms with Gasteiger partial charge in [0, 0.05) is 23.7 Å². The Morgan fingerprint density at radius 2 is 1.58 bits per heavy atom. The summed E-state index contributed by atoms with van der Waals surface area (Å²) in [7, 11) is 0. The summed E-state index contributed by atoms with van der Waals surface area (Å²) in [5.41, 5.74) is -1.96. The first kappa shape index (κ1) is 27.5. The van der Waals surface area contributed by atoms with Crippen LogP contribution in [0.25, 0.3) is 0 Å². The van der Waals surface area contributed by atoms with E-state index in [0.717, 1.165) is 51.4 Å². The van der Waals surface area contributed by atoms with Crippen molar-refractivity contribution in [1.29, 1.82) is 0 Å². The van der Waals surface area contributed by atoms with Gasteiger partial charge in [-0.1, -0.05) is 27.7 Å². The third kappa shape index (κ3) is 3.13. The molecular weight excluding hydrogens is 480 g/mol. The largest absolute Gasteiger partial charge is 0.462 e. The molecule has 0 aromatic rings.